The van der Waals surface area contributed by atoms with Gasteiger partial charge in [0.05, 0.1) is 0 Å². The standard InChI is InChI=1S/C50H26/c1-7-33-27-29-38(31-36(33)10-4)41-24-18-25-42(39-30-28-34(8-2)37(11-5)32-39)49(41)50-46-22-15-13-20-44(46)48(45-21-14-16-23-47(45)50)43-26-17-19-35(9-3)40(43)12-6/h1-6,13-32H. The van der Waals surface area contributed by atoms with Crippen molar-refractivity contribution in [2.24, 2.45) is 0 Å². The highest BCUT2D eigenvalue weighted by molar-refractivity contribution is 6.24. The van der Waals surface area contributed by atoms with Gasteiger partial charge < -0.3 is 0 Å². The van der Waals surface area contributed by atoms with E-state index >= 15 is 0 Å². The van der Waals surface area contributed by atoms with Gasteiger partial charge in [-0.1, -0.05) is 127 Å². The molecule has 0 heterocycles. The number of terminal acetylenes is 6. The van der Waals surface area contributed by atoms with Gasteiger partial charge in [-0.25, -0.2) is 0 Å². The fourth-order valence-corrected chi connectivity index (χ4v) is 6.94. The lowest BCUT2D eigenvalue weighted by Gasteiger charge is -2.23. The quantitative estimate of drug-likeness (QED) is 0.135. The number of hydrogen-bond donors (Lipinski definition) is 0. The van der Waals surface area contributed by atoms with Crippen LogP contribution in [0.3, 0.4) is 0 Å². The van der Waals surface area contributed by atoms with Gasteiger partial charge >= 0.3 is 0 Å². The SMILES string of the molecule is C#Cc1ccc(-c2cccc(-c3ccc(C#C)c(C#C)c3)c2-c2c3ccccc3c(-c3cccc(C#C)c3C#C)c3ccccc23)cc1C#C. The van der Waals surface area contributed by atoms with Crippen molar-refractivity contribution in [1.29, 1.82) is 0 Å². The van der Waals surface area contributed by atoms with E-state index in [1.807, 2.05) is 72.8 Å². The maximum absolute atomic E-state index is 6.13. The summed E-state index contributed by atoms with van der Waals surface area (Å²) in [5.41, 5.74) is 11.8. The van der Waals surface area contributed by atoms with E-state index in [1.54, 1.807) is 0 Å². The average Bonchev–Trinajstić information content (AvgIpc) is 3.18. The van der Waals surface area contributed by atoms with Gasteiger partial charge in [-0.05, 0) is 96.4 Å². The van der Waals surface area contributed by atoms with Crippen molar-refractivity contribution in [3.63, 3.8) is 0 Å². The summed E-state index contributed by atoms with van der Waals surface area (Å²) in [5, 5.41) is 4.15. The molecule has 0 nitrogen and oxygen atoms in total. The zero-order valence-electron chi connectivity index (χ0n) is 27.0. The maximum Gasteiger partial charge on any atom is 0.0477 e. The summed E-state index contributed by atoms with van der Waals surface area (Å²) >= 11 is 0. The Hall–Kier alpha value is -7.58. The van der Waals surface area contributed by atoms with Crippen LogP contribution in [0.1, 0.15) is 33.4 Å². The van der Waals surface area contributed by atoms with Crippen LogP contribution in [-0.2, 0) is 0 Å². The fraction of sp³-hybridized carbons (Fsp3) is 0. The molecule has 0 N–H and O–H groups in total. The van der Waals surface area contributed by atoms with Crippen molar-refractivity contribution in [1.82, 2.24) is 0 Å². The van der Waals surface area contributed by atoms with E-state index in [9.17, 15) is 0 Å². The summed E-state index contributed by atoms with van der Waals surface area (Å²) in [6.45, 7) is 0. The molecule has 0 aromatic heterocycles. The molecule has 0 radical (unpaired) electrons. The Labute approximate surface area is 293 Å². The van der Waals surface area contributed by atoms with E-state index in [-0.39, 0.29) is 0 Å². The number of hydrogen-bond acceptors (Lipinski definition) is 0. The molecule has 0 saturated heterocycles. The smallest absolute Gasteiger partial charge is 0.0477 e. The molecule has 226 valence electrons. The molecular weight excluding hydrogens is 601 g/mol. The Bertz CT molecular complexity index is 2660. The Kier molecular flexibility index (Phi) is 8.01. The van der Waals surface area contributed by atoms with Gasteiger partial charge in [0.25, 0.3) is 0 Å². The molecular formula is C50H26. The highest BCUT2D eigenvalue weighted by Crippen LogP contribution is 2.49. The summed E-state index contributed by atoms with van der Waals surface area (Å²) in [5.74, 6) is 16.7. The summed E-state index contributed by atoms with van der Waals surface area (Å²) in [4.78, 5) is 0. The monoisotopic (exact) mass is 626 g/mol. The van der Waals surface area contributed by atoms with Crippen LogP contribution in [0.4, 0.5) is 0 Å². The largest absolute Gasteiger partial charge is 0.115 e. The predicted molar refractivity (Wildman–Crippen MR) is 211 cm³/mol. The maximum atomic E-state index is 6.13. The van der Waals surface area contributed by atoms with E-state index in [4.69, 9.17) is 38.5 Å². The third-order valence-corrected chi connectivity index (χ3v) is 9.16. The van der Waals surface area contributed by atoms with Gasteiger partial charge in [-0.15, -0.1) is 38.5 Å². The molecule has 0 unspecified atom stereocenters. The van der Waals surface area contributed by atoms with Crippen molar-refractivity contribution in [3.05, 3.63) is 155 Å². The first kappa shape index (κ1) is 31.0. The second kappa shape index (κ2) is 12.9. The van der Waals surface area contributed by atoms with E-state index in [0.29, 0.717) is 33.4 Å². The molecule has 0 saturated carbocycles. The Morgan fingerprint density at radius 3 is 1.16 bits per heavy atom. The van der Waals surface area contributed by atoms with Gasteiger partial charge in [-0.2, -0.15) is 0 Å². The van der Waals surface area contributed by atoms with Crippen molar-refractivity contribution in [2.45, 2.75) is 0 Å². The zero-order valence-corrected chi connectivity index (χ0v) is 27.0. The molecule has 0 aliphatic heterocycles. The molecule has 0 amide bonds. The zero-order chi connectivity index (χ0) is 34.8. The van der Waals surface area contributed by atoms with Crippen LogP contribution in [0.2, 0.25) is 0 Å². The van der Waals surface area contributed by atoms with Crippen LogP contribution < -0.4 is 0 Å². The van der Waals surface area contributed by atoms with Crippen LogP contribution in [-0.4, -0.2) is 0 Å². The minimum Gasteiger partial charge on any atom is -0.115 e. The van der Waals surface area contributed by atoms with Crippen LogP contribution in [0.15, 0.2) is 121 Å². The van der Waals surface area contributed by atoms with E-state index < -0.39 is 0 Å². The van der Waals surface area contributed by atoms with Crippen molar-refractivity contribution >= 4 is 21.5 Å². The second-order valence-electron chi connectivity index (χ2n) is 11.7. The molecule has 0 atom stereocenters. The molecule has 0 fully saturated rings. The molecule has 7 rings (SSSR count). The predicted octanol–water partition coefficient (Wildman–Crippen LogP) is 10.5. The van der Waals surface area contributed by atoms with Gasteiger partial charge in [0.15, 0.2) is 0 Å². The first-order valence-electron chi connectivity index (χ1n) is 15.9. The second-order valence-corrected chi connectivity index (χ2v) is 11.7. The van der Waals surface area contributed by atoms with E-state index in [1.165, 1.54) is 0 Å². The van der Waals surface area contributed by atoms with Gasteiger partial charge in [0.2, 0.25) is 0 Å². The lowest BCUT2D eigenvalue weighted by Crippen LogP contribution is -1.97. The van der Waals surface area contributed by atoms with Crippen LogP contribution in [0.25, 0.3) is 66.1 Å². The normalized spacial score (nSPS) is 10.3. The molecule has 0 aliphatic rings. The van der Waals surface area contributed by atoms with E-state index in [0.717, 1.165) is 66.1 Å². The van der Waals surface area contributed by atoms with Gasteiger partial charge in [0, 0.05) is 33.4 Å². The molecule has 0 spiro atoms. The molecule has 50 heavy (non-hydrogen) atoms. The van der Waals surface area contributed by atoms with Crippen molar-refractivity contribution in [2.75, 3.05) is 0 Å². The average molecular weight is 627 g/mol. The number of benzene rings is 7. The third kappa shape index (κ3) is 4.97. The first-order valence-corrected chi connectivity index (χ1v) is 15.9. The molecule has 7 aromatic rings. The first-order chi connectivity index (χ1) is 24.6. The highest BCUT2D eigenvalue weighted by Gasteiger charge is 2.23. The van der Waals surface area contributed by atoms with Crippen LogP contribution in [0, 0.1) is 74.1 Å². The molecule has 0 heteroatoms. The van der Waals surface area contributed by atoms with E-state index in [2.05, 4.69) is 84.1 Å². The molecule has 7 aromatic carbocycles. The summed E-state index contributed by atoms with van der Waals surface area (Å²) < 4.78 is 0. The van der Waals surface area contributed by atoms with Gasteiger partial charge in [0.1, 0.15) is 0 Å². The molecule has 0 bridgehead atoms. The van der Waals surface area contributed by atoms with Crippen LogP contribution >= 0.6 is 0 Å². The fourth-order valence-electron chi connectivity index (χ4n) is 6.94. The Morgan fingerprint density at radius 1 is 0.300 bits per heavy atom. The van der Waals surface area contributed by atoms with Gasteiger partial charge in [-0.3, -0.25) is 0 Å². The Balaban J connectivity index is 1.69. The lowest BCUT2D eigenvalue weighted by atomic mass is 9.80. The highest BCUT2D eigenvalue weighted by atomic mass is 14.3. The minimum absolute atomic E-state index is 0.648. The topological polar surface area (TPSA) is 0 Å². The lowest BCUT2D eigenvalue weighted by molar-refractivity contribution is 1.53. The minimum atomic E-state index is 0.648. The Morgan fingerprint density at radius 2 is 0.720 bits per heavy atom. The van der Waals surface area contributed by atoms with Crippen LogP contribution in [0.5, 0.6) is 0 Å². The van der Waals surface area contributed by atoms with Crippen molar-refractivity contribution < 1.29 is 0 Å². The number of rotatable bonds is 4. The van der Waals surface area contributed by atoms with Crippen molar-refractivity contribution in [3.8, 4) is 119 Å². The third-order valence-electron chi connectivity index (χ3n) is 9.16. The summed E-state index contributed by atoms with van der Waals surface area (Å²) in [7, 11) is 0. The summed E-state index contributed by atoms with van der Waals surface area (Å²) in [6.07, 6.45) is 35.6. The molecule has 0 aliphatic carbocycles. The summed E-state index contributed by atoms with van der Waals surface area (Å²) in [6, 6.07) is 40.8. The number of fused-ring (bicyclic) bond motifs is 2.